The Hall–Kier alpha value is -3.53. The predicted molar refractivity (Wildman–Crippen MR) is 102 cm³/mol. The molecule has 0 spiro atoms. The summed E-state index contributed by atoms with van der Waals surface area (Å²) in [5, 5.41) is 5.46. The summed E-state index contributed by atoms with van der Waals surface area (Å²) in [4.78, 5) is 3.55. The van der Waals surface area contributed by atoms with Gasteiger partial charge in [-0.15, -0.1) is 0 Å². The van der Waals surface area contributed by atoms with Gasteiger partial charge in [-0.25, -0.2) is 0 Å². The molecule has 0 aliphatic heterocycles. The van der Waals surface area contributed by atoms with E-state index in [1.54, 1.807) is 6.26 Å². The van der Waals surface area contributed by atoms with Gasteiger partial charge in [0.1, 0.15) is 5.69 Å². The molecule has 0 aliphatic rings. The van der Waals surface area contributed by atoms with E-state index in [4.69, 9.17) is 8.94 Å². The third kappa shape index (κ3) is 2.27. The number of aryl methyl sites for hydroxylation is 1. The maximum atomic E-state index is 5.52. The number of aromatic nitrogens is 2. The van der Waals surface area contributed by atoms with Crippen LogP contribution in [-0.2, 0) is 0 Å². The minimum Gasteiger partial charge on any atom is -0.461 e. The normalized spacial score (nSPS) is 11.3. The summed E-state index contributed by atoms with van der Waals surface area (Å²) in [6.07, 6.45) is 1.62. The Labute approximate surface area is 150 Å². The lowest BCUT2D eigenvalue weighted by molar-refractivity contribution is 0.420. The number of rotatable bonds is 3. The Morgan fingerprint density at radius 3 is 2.58 bits per heavy atom. The lowest BCUT2D eigenvalue weighted by Gasteiger charge is -2.03. The quantitative estimate of drug-likeness (QED) is 0.434. The van der Waals surface area contributed by atoms with E-state index in [1.165, 1.54) is 10.9 Å². The minimum atomic E-state index is 0.611. The van der Waals surface area contributed by atoms with E-state index < -0.39 is 0 Å². The molecule has 0 amide bonds. The molecule has 5 aromatic rings. The third-order valence-corrected chi connectivity index (χ3v) is 4.63. The van der Waals surface area contributed by atoms with Gasteiger partial charge in [0.15, 0.2) is 5.76 Å². The van der Waals surface area contributed by atoms with Gasteiger partial charge in [0.2, 0.25) is 5.76 Å². The average molecular weight is 340 g/mol. The zero-order valence-corrected chi connectivity index (χ0v) is 14.2. The summed E-state index contributed by atoms with van der Waals surface area (Å²) >= 11 is 0. The summed E-state index contributed by atoms with van der Waals surface area (Å²) in [5.74, 6) is 1.27. The second-order valence-corrected chi connectivity index (χ2v) is 6.29. The van der Waals surface area contributed by atoms with Gasteiger partial charge in [-0.1, -0.05) is 53.7 Å². The molecule has 5 rings (SSSR count). The van der Waals surface area contributed by atoms with Gasteiger partial charge in [-0.3, -0.25) is 0 Å². The molecule has 3 aromatic heterocycles. The van der Waals surface area contributed by atoms with E-state index in [1.807, 2.05) is 36.4 Å². The summed E-state index contributed by atoms with van der Waals surface area (Å²) in [6, 6.07) is 22.3. The number of H-pyrrole nitrogens is 1. The molecule has 1 N–H and O–H groups in total. The molecule has 0 saturated carbocycles. The second kappa shape index (κ2) is 5.77. The molecule has 0 radical (unpaired) electrons. The van der Waals surface area contributed by atoms with Crippen LogP contribution in [-0.4, -0.2) is 10.1 Å². The molecule has 0 aliphatic carbocycles. The van der Waals surface area contributed by atoms with Gasteiger partial charge in [0, 0.05) is 22.5 Å². The first-order valence-electron chi connectivity index (χ1n) is 8.49. The molecule has 0 bridgehead atoms. The number of fused-ring (bicyclic) bond motifs is 1. The molecule has 0 saturated heterocycles. The fourth-order valence-electron chi connectivity index (χ4n) is 3.39. The molecular weight excluding hydrogens is 324 g/mol. The largest absolute Gasteiger partial charge is 0.461 e. The molecule has 0 fully saturated rings. The molecular formula is C22H16N2O2. The van der Waals surface area contributed by atoms with Crippen LogP contribution < -0.4 is 0 Å². The van der Waals surface area contributed by atoms with Crippen LogP contribution in [0.25, 0.3) is 44.9 Å². The molecule has 26 heavy (non-hydrogen) atoms. The van der Waals surface area contributed by atoms with Crippen LogP contribution in [0, 0.1) is 6.92 Å². The number of hydrogen-bond acceptors (Lipinski definition) is 3. The van der Waals surface area contributed by atoms with Crippen molar-refractivity contribution >= 4 is 10.9 Å². The highest BCUT2D eigenvalue weighted by Gasteiger charge is 2.19. The van der Waals surface area contributed by atoms with Crippen LogP contribution in [0.15, 0.2) is 81.9 Å². The second-order valence-electron chi connectivity index (χ2n) is 6.29. The third-order valence-electron chi connectivity index (χ3n) is 4.63. The summed E-state index contributed by atoms with van der Waals surface area (Å²) in [5.41, 5.74) is 6.28. The van der Waals surface area contributed by atoms with Crippen molar-refractivity contribution in [3.8, 4) is 34.0 Å². The molecule has 4 heteroatoms. The Balaban J connectivity index is 1.76. The number of nitrogens with zero attached hydrogens (tertiary/aromatic N) is 1. The van der Waals surface area contributed by atoms with Crippen LogP contribution in [0.5, 0.6) is 0 Å². The van der Waals surface area contributed by atoms with Crippen molar-refractivity contribution in [3.05, 3.63) is 78.6 Å². The van der Waals surface area contributed by atoms with Crippen molar-refractivity contribution in [2.45, 2.75) is 6.92 Å². The fraction of sp³-hybridized carbons (Fsp3) is 0.0455. The SMILES string of the molecule is Cc1cccc2c(-c3ccccc3)c(-c3cc(-c4ccco4)on3)[nH]c12. The zero-order chi connectivity index (χ0) is 17.5. The molecule has 3 heterocycles. The van der Waals surface area contributed by atoms with Gasteiger partial charge in [0.05, 0.1) is 12.0 Å². The summed E-state index contributed by atoms with van der Waals surface area (Å²) in [6.45, 7) is 2.11. The molecule has 126 valence electrons. The maximum absolute atomic E-state index is 5.52. The van der Waals surface area contributed by atoms with Gasteiger partial charge in [0.25, 0.3) is 0 Å². The van der Waals surface area contributed by atoms with Gasteiger partial charge < -0.3 is 13.9 Å². The van der Waals surface area contributed by atoms with E-state index in [9.17, 15) is 0 Å². The number of nitrogens with one attached hydrogen (secondary N) is 1. The first-order valence-corrected chi connectivity index (χ1v) is 8.49. The molecule has 2 aromatic carbocycles. The zero-order valence-electron chi connectivity index (χ0n) is 14.2. The topological polar surface area (TPSA) is 55.0 Å². The molecule has 4 nitrogen and oxygen atoms in total. The van der Waals surface area contributed by atoms with E-state index >= 15 is 0 Å². The van der Waals surface area contributed by atoms with E-state index in [-0.39, 0.29) is 0 Å². The maximum Gasteiger partial charge on any atom is 0.202 e. The Bertz CT molecular complexity index is 1180. The Morgan fingerprint density at radius 2 is 1.77 bits per heavy atom. The van der Waals surface area contributed by atoms with Crippen molar-refractivity contribution in [3.63, 3.8) is 0 Å². The minimum absolute atomic E-state index is 0.611. The van der Waals surface area contributed by atoms with Crippen LogP contribution in [0.2, 0.25) is 0 Å². The molecule has 0 atom stereocenters. The van der Waals surface area contributed by atoms with E-state index in [2.05, 4.69) is 47.4 Å². The number of benzene rings is 2. The van der Waals surface area contributed by atoms with Crippen molar-refractivity contribution < 1.29 is 8.94 Å². The lowest BCUT2D eigenvalue weighted by atomic mass is 9.99. The highest BCUT2D eigenvalue weighted by molar-refractivity contribution is 6.04. The highest BCUT2D eigenvalue weighted by atomic mass is 16.5. The average Bonchev–Trinajstić information content (AvgIpc) is 3.41. The van der Waals surface area contributed by atoms with Crippen molar-refractivity contribution in [2.75, 3.05) is 0 Å². The monoisotopic (exact) mass is 340 g/mol. The Morgan fingerprint density at radius 1 is 0.885 bits per heavy atom. The van der Waals surface area contributed by atoms with Crippen molar-refractivity contribution in [2.24, 2.45) is 0 Å². The summed E-state index contributed by atoms with van der Waals surface area (Å²) in [7, 11) is 0. The van der Waals surface area contributed by atoms with Gasteiger partial charge >= 0.3 is 0 Å². The first kappa shape index (κ1) is 14.8. The van der Waals surface area contributed by atoms with Gasteiger partial charge in [-0.05, 0) is 30.2 Å². The standard InChI is InChI=1S/C22H16N2O2/c1-14-7-5-10-16-20(15-8-3-2-4-9-15)22(23-21(14)16)17-13-19(26-24-17)18-11-6-12-25-18/h2-13,23H,1H3. The van der Waals surface area contributed by atoms with Crippen molar-refractivity contribution in [1.82, 2.24) is 10.1 Å². The van der Waals surface area contributed by atoms with Crippen LogP contribution in [0.1, 0.15) is 5.56 Å². The number of hydrogen-bond donors (Lipinski definition) is 1. The van der Waals surface area contributed by atoms with Crippen molar-refractivity contribution in [1.29, 1.82) is 0 Å². The van der Waals surface area contributed by atoms with E-state index in [0.29, 0.717) is 11.5 Å². The number of furan rings is 1. The number of aromatic amines is 1. The van der Waals surface area contributed by atoms with Crippen LogP contribution >= 0.6 is 0 Å². The highest BCUT2D eigenvalue weighted by Crippen LogP contribution is 2.39. The smallest absolute Gasteiger partial charge is 0.202 e. The van der Waals surface area contributed by atoms with Crippen LogP contribution in [0.4, 0.5) is 0 Å². The molecule has 0 unspecified atom stereocenters. The predicted octanol–water partition coefficient (Wildman–Crippen LogP) is 6.06. The van der Waals surface area contributed by atoms with Gasteiger partial charge in [-0.2, -0.15) is 0 Å². The van der Waals surface area contributed by atoms with Crippen LogP contribution in [0.3, 0.4) is 0 Å². The first-order chi connectivity index (χ1) is 12.8. The number of para-hydroxylation sites is 1. The fourth-order valence-corrected chi connectivity index (χ4v) is 3.39. The summed E-state index contributed by atoms with van der Waals surface area (Å²) < 4.78 is 10.9. The Kier molecular flexibility index (Phi) is 3.28. The van der Waals surface area contributed by atoms with E-state index in [0.717, 1.165) is 28.0 Å². The lowest BCUT2D eigenvalue weighted by Crippen LogP contribution is -1.82.